The number of rotatable bonds is 1. The Labute approximate surface area is 101 Å². The molecular formula is C13H19N3O. The van der Waals surface area contributed by atoms with Crippen LogP contribution in [0.25, 0.3) is 0 Å². The molecule has 3 heterocycles. The Balaban J connectivity index is 2.04. The molecule has 1 saturated heterocycles. The summed E-state index contributed by atoms with van der Waals surface area (Å²) in [4.78, 5) is 16.8. The topological polar surface area (TPSA) is 46.9 Å². The molecule has 0 aliphatic carbocycles. The average molecular weight is 233 g/mol. The molecule has 0 radical (unpaired) electrons. The highest BCUT2D eigenvalue weighted by atomic mass is 16.1. The minimum Gasteiger partial charge on any atom is -0.309 e. The lowest BCUT2D eigenvalue weighted by molar-refractivity contribution is 0.435. The van der Waals surface area contributed by atoms with Crippen LogP contribution >= 0.6 is 0 Å². The lowest BCUT2D eigenvalue weighted by atomic mass is 10.00. The van der Waals surface area contributed by atoms with Crippen LogP contribution in [0.1, 0.15) is 56.1 Å². The Morgan fingerprint density at radius 1 is 1.41 bits per heavy atom. The minimum atomic E-state index is 0.130. The van der Waals surface area contributed by atoms with Gasteiger partial charge in [-0.25, -0.2) is 4.98 Å². The van der Waals surface area contributed by atoms with Gasteiger partial charge in [-0.05, 0) is 32.2 Å². The Morgan fingerprint density at radius 2 is 2.29 bits per heavy atom. The summed E-state index contributed by atoms with van der Waals surface area (Å²) < 4.78 is 1.85. The van der Waals surface area contributed by atoms with Crippen molar-refractivity contribution in [3.05, 3.63) is 27.9 Å². The van der Waals surface area contributed by atoms with Gasteiger partial charge in [0.15, 0.2) is 0 Å². The smallest absolute Gasteiger partial charge is 0.253 e. The SMILES string of the molecule is CC1CCCn2c1nc(C1CCCN1)cc2=O. The van der Waals surface area contributed by atoms with Gasteiger partial charge in [0.2, 0.25) is 0 Å². The molecule has 2 unspecified atom stereocenters. The molecule has 1 aromatic heterocycles. The summed E-state index contributed by atoms with van der Waals surface area (Å²) in [6, 6.07) is 2.02. The van der Waals surface area contributed by atoms with Gasteiger partial charge in [0.05, 0.1) is 5.69 Å². The van der Waals surface area contributed by atoms with Crippen molar-refractivity contribution in [3.63, 3.8) is 0 Å². The van der Waals surface area contributed by atoms with E-state index in [2.05, 4.69) is 12.2 Å². The van der Waals surface area contributed by atoms with Crippen molar-refractivity contribution < 1.29 is 0 Å². The maximum atomic E-state index is 12.1. The summed E-state index contributed by atoms with van der Waals surface area (Å²) in [5.74, 6) is 1.41. The fourth-order valence-corrected chi connectivity index (χ4v) is 2.94. The second-order valence-electron chi connectivity index (χ2n) is 5.22. The van der Waals surface area contributed by atoms with E-state index >= 15 is 0 Å². The minimum absolute atomic E-state index is 0.130. The van der Waals surface area contributed by atoms with Crippen molar-refractivity contribution >= 4 is 0 Å². The zero-order valence-corrected chi connectivity index (χ0v) is 10.3. The van der Waals surface area contributed by atoms with E-state index in [1.165, 1.54) is 6.42 Å². The molecule has 2 aliphatic heterocycles. The van der Waals surface area contributed by atoms with Crippen LogP contribution in [-0.4, -0.2) is 16.1 Å². The van der Waals surface area contributed by atoms with Gasteiger partial charge in [-0.2, -0.15) is 0 Å². The summed E-state index contributed by atoms with van der Waals surface area (Å²) in [5, 5.41) is 3.41. The van der Waals surface area contributed by atoms with E-state index in [1.54, 1.807) is 6.07 Å². The van der Waals surface area contributed by atoms with E-state index in [0.29, 0.717) is 12.0 Å². The number of aromatic nitrogens is 2. The first-order chi connectivity index (χ1) is 8.25. The molecule has 3 rings (SSSR count). The largest absolute Gasteiger partial charge is 0.309 e. The van der Waals surface area contributed by atoms with Crippen LogP contribution in [0, 0.1) is 0 Å². The van der Waals surface area contributed by atoms with Crippen molar-refractivity contribution in [3.8, 4) is 0 Å². The van der Waals surface area contributed by atoms with Gasteiger partial charge < -0.3 is 5.32 Å². The maximum Gasteiger partial charge on any atom is 0.253 e. The molecule has 1 fully saturated rings. The van der Waals surface area contributed by atoms with E-state index in [1.807, 2.05) is 4.57 Å². The highest BCUT2D eigenvalue weighted by Crippen LogP contribution is 2.26. The molecule has 0 saturated carbocycles. The Bertz CT molecular complexity index is 474. The number of hydrogen-bond acceptors (Lipinski definition) is 3. The third-order valence-electron chi connectivity index (χ3n) is 3.93. The third-order valence-corrected chi connectivity index (χ3v) is 3.93. The predicted octanol–water partition coefficient (Wildman–Crippen LogP) is 1.57. The van der Waals surface area contributed by atoms with Crippen molar-refractivity contribution in [2.75, 3.05) is 6.54 Å². The van der Waals surface area contributed by atoms with Gasteiger partial charge in [0.1, 0.15) is 5.82 Å². The van der Waals surface area contributed by atoms with E-state index in [0.717, 1.165) is 43.9 Å². The fourth-order valence-electron chi connectivity index (χ4n) is 2.94. The number of nitrogens with zero attached hydrogens (tertiary/aromatic N) is 2. The highest BCUT2D eigenvalue weighted by Gasteiger charge is 2.23. The molecule has 0 amide bonds. The number of hydrogen-bond donors (Lipinski definition) is 1. The fraction of sp³-hybridized carbons (Fsp3) is 0.692. The van der Waals surface area contributed by atoms with Gasteiger partial charge in [0.25, 0.3) is 5.56 Å². The standard InChI is InChI=1S/C13H19N3O/c1-9-4-3-7-16-12(17)8-11(15-13(9)16)10-5-2-6-14-10/h8-10,14H,2-7H2,1H3. The van der Waals surface area contributed by atoms with Crippen LogP contribution in [0.15, 0.2) is 10.9 Å². The summed E-state index contributed by atoms with van der Waals surface area (Å²) in [7, 11) is 0. The molecule has 2 atom stereocenters. The molecule has 4 nitrogen and oxygen atoms in total. The first-order valence-electron chi connectivity index (χ1n) is 6.61. The van der Waals surface area contributed by atoms with Crippen molar-refractivity contribution in [2.45, 2.75) is 51.1 Å². The van der Waals surface area contributed by atoms with E-state index in [9.17, 15) is 4.79 Å². The summed E-state index contributed by atoms with van der Waals surface area (Å²) in [6.07, 6.45) is 4.52. The zero-order chi connectivity index (χ0) is 11.8. The second-order valence-corrected chi connectivity index (χ2v) is 5.22. The van der Waals surface area contributed by atoms with Crippen molar-refractivity contribution in [1.29, 1.82) is 0 Å². The van der Waals surface area contributed by atoms with Gasteiger partial charge in [-0.1, -0.05) is 6.92 Å². The lowest BCUT2D eigenvalue weighted by Gasteiger charge is -2.24. The number of fused-ring (bicyclic) bond motifs is 1. The summed E-state index contributed by atoms with van der Waals surface area (Å²) in [6.45, 7) is 4.05. The first kappa shape index (κ1) is 11.0. The summed E-state index contributed by atoms with van der Waals surface area (Å²) >= 11 is 0. The molecule has 17 heavy (non-hydrogen) atoms. The maximum absolute atomic E-state index is 12.1. The molecule has 4 heteroatoms. The first-order valence-corrected chi connectivity index (χ1v) is 6.61. The Hall–Kier alpha value is -1.16. The Morgan fingerprint density at radius 3 is 3.06 bits per heavy atom. The Kier molecular flexibility index (Phi) is 2.74. The van der Waals surface area contributed by atoms with Crippen LogP contribution in [0.5, 0.6) is 0 Å². The van der Waals surface area contributed by atoms with Gasteiger partial charge in [-0.3, -0.25) is 9.36 Å². The zero-order valence-electron chi connectivity index (χ0n) is 10.3. The van der Waals surface area contributed by atoms with Gasteiger partial charge in [-0.15, -0.1) is 0 Å². The van der Waals surface area contributed by atoms with Crippen LogP contribution in [-0.2, 0) is 6.54 Å². The lowest BCUT2D eigenvalue weighted by Crippen LogP contribution is -2.31. The van der Waals surface area contributed by atoms with E-state index < -0.39 is 0 Å². The van der Waals surface area contributed by atoms with Crippen molar-refractivity contribution in [2.24, 2.45) is 0 Å². The normalized spacial score (nSPS) is 28.1. The molecule has 2 aliphatic rings. The van der Waals surface area contributed by atoms with Crippen LogP contribution in [0.3, 0.4) is 0 Å². The van der Waals surface area contributed by atoms with E-state index in [-0.39, 0.29) is 5.56 Å². The van der Waals surface area contributed by atoms with E-state index in [4.69, 9.17) is 4.98 Å². The molecule has 92 valence electrons. The predicted molar refractivity (Wildman–Crippen MR) is 66.1 cm³/mol. The van der Waals surface area contributed by atoms with Crippen LogP contribution < -0.4 is 10.9 Å². The van der Waals surface area contributed by atoms with Gasteiger partial charge >= 0.3 is 0 Å². The molecule has 1 N–H and O–H groups in total. The number of nitrogens with one attached hydrogen (secondary N) is 1. The second kappa shape index (κ2) is 4.26. The molecule has 0 spiro atoms. The monoisotopic (exact) mass is 233 g/mol. The molecule has 0 aromatic carbocycles. The third kappa shape index (κ3) is 1.90. The molecular weight excluding hydrogens is 214 g/mol. The highest BCUT2D eigenvalue weighted by molar-refractivity contribution is 5.13. The van der Waals surface area contributed by atoms with Gasteiger partial charge in [0, 0.05) is 24.6 Å². The summed E-state index contributed by atoms with van der Waals surface area (Å²) in [5.41, 5.74) is 1.08. The van der Waals surface area contributed by atoms with Crippen LogP contribution in [0.4, 0.5) is 0 Å². The van der Waals surface area contributed by atoms with Crippen molar-refractivity contribution in [1.82, 2.24) is 14.9 Å². The molecule has 0 bridgehead atoms. The average Bonchev–Trinajstić information content (AvgIpc) is 2.84. The quantitative estimate of drug-likeness (QED) is 0.801. The van der Waals surface area contributed by atoms with Crippen LogP contribution in [0.2, 0.25) is 0 Å². The molecule has 1 aromatic rings.